The third-order valence-corrected chi connectivity index (χ3v) is 3.32. The molecular weight excluding hydrogens is 309 g/mol. The lowest BCUT2D eigenvalue weighted by Crippen LogP contribution is -2.39. The molecule has 0 aliphatic rings. The number of hydrogen-bond acceptors (Lipinski definition) is 3. The predicted octanol–water partition coefficient (Wildman–Crippen LogP) is 2.75. The van der Waals surface area contributed by atoms with E-state index in [1.165, 1.54) is 6.07 Å². The molecule has 23 heavy (non-hydrogen) atoms. The molecule has 130 valence electrons. The van der Waals surface area contributed by atoms with Gasteiger partial charge in [0.1, 0.15) is 0 Å². The molecule has 0 radical (unpaired) electrons. The third-order valence-electron chi connectivity index (χ3n) is 3.32. The fourth-order valence-corrected chi connectivity index (χ4v) is 2.14. The summed E-state index contributed by atoms with van der Waals surface area (Å²) in [5.74, 6) is -0.307. The van der Waals surface area contributed by atoms with E-state index < -0.39 is 17.8 Å². The second kappa shape index (κ2) is 8.88. The van der Waals surface area contributed by atoms with Crippen LogP contribution in [0.25, 0.3) is 0 Å². The number of nitrogens with one attached hydrogen (secondary N) is 2. The van der Waals surface area contributed by atoms with Gasteiger partial charge in [0.2, 0.25) is 5.91 Å². The van der Waals surface area contributed by atoms with Gasteiger partial charge < -0.3 is 15.4 Å². The lowest BCUT2D eigenvalue weighted by molar-refractivity contribution is -0.137. The van der Waals surface area contributed by atoms with Crippen LogP contribution in [-0.4, -0.2) is 32.7 Å². The molecule has 0 saturated carbocycles. The highest BCUT2D eigenvalue weighted by Crippen LogP contribution is 2.32. The molecule has 1 aromatic rings. The average molecular weight is 332 g/mol. The van der Waals surface area contributed by atoms with E-state index in [0.29, 0.717) is 18.7 Å². The molecular formula is C16H23F3N2O2. The molecule has 0 aromatic heterocycles. The van der Waals surface area contributed by atoms with Gasteiger partial charge in [-0.3, -0.25) is 4.79 Å². The highest BCUT2D eigenvalue weighted by atomic mass is 19.4. The number of carbonyl (C=O) groups is 1. The summed E-state index contributed by atoms with van der Waals surface area (Å²) < 4.78 is 43.3. The van der Waals surface area contributed by atoms with Crippen LogP contribution in [-0.2, 0) is 15.7 Å². The number of ether oxygens (including phenoxy) is 1. The van der Waals surface area contributed by atoms with Gasteiger partial charge in [-0.2, -0.15) is 13.2 Å². The van der Waals surface area contributed by atoms with Gasteiger partial charge in [-0.15, -0.1) is 0 Å². The van der Waals surface area contributed by atoms with Gasteiger partial charge in [-0.25, -0.2) is 0 Å². The van der Waals surface area contributed by atoms with Crippen molar-refractivity contribution in [2.75, 3.05) is 26.8 Å². The van der Waals surface area contributed by atoms with E-state index >= 15 is 0 Å². The summed E-state index contributed by atoms with van der Waals surface area (Å²) in [7, 11) is 1.56. The van der Waals surface area contributed by atoms with Crippen LogP contribution in [0.2, 0.25) is 0 Å². The number of halogens is 3. The Morgan fingerprint density at radius 3 is 2.57 bits per heavy atom. The molecule has 0 bridgehead atoms. The van der Waals surface area contributed by atoms with Crippen LogP contribution in [0.4, 0.5) is 13.2 Å². The van der Waals surface area contributed by atoms with Crippen molar-refractivity contribution in [3.8, 4) is 0 Å². The van der Waals surface area contributed by atoms with Crippen molar-refractivity contribution in [3.05, 3.63) is 35.4 Å². The Bertz CT molecular complexity index is 504. The van der Waals surface area contributed by atoms with E-state index in [1.54, 1.807) is 13.2 Å². The molecule has 0 aliphatic heterocycles. The van der Waals surface area contributed by atoms with Gasteiger partial charge in [0.25, 0.3) is 0 Å². The monoisotopic (exact) mass is 332 g/mol. The average Bonchev–Trinajstić information content (AvgIpc) is 2.48. The maximum atomic E-state index is 12.8. The van der Waals surface area contributed by atoms with E-state index in [2.05, 4.69) is 10.6 Å². The van der Waals surface area contributed by atoms with Crippen molar-refractivity contribution in [2.45, 2.75) is 26.1 Å². The number of benzene rings is 1. The molecule has 1 rings (SSSR count). The number of methoxy groups -OCH3 is 1. The number of amides is 1. The summed E-state index contributed by atoms with van der Waals surface area (Å²) in [6, 6.07) is 4.59. The zero-order valence-electron chi connectivity index (χ0n) is 13.5. The van der Waals surface area contributed by atoms with Crippen molar-refractivity contribution < 1.29 is 22.7 Å². The number of carbonyl (C=O) groups excluding carboxylic acids is 1. The maximum absolute atomic E-state index is 12.8. The SMILES string of the molecule is COCCNCC(=O)NC(c1cccc(C(F)(F)F)c1)C(C)C. The quantitative estimate of drug-likeness (QED) is 0.720. The number of rotatable bonds is 8. The summed E-state index contributed by atoms with van der Waals surface area (Å²) >= 11 is 0. The first-order valence-electron chi connectivity index (χ1n) is 7.42. The Kier molecular flexibility index (Phi) is 7.51. The first-order chi connectivity index (χ1) is 10.8. The topological polar surface area (TPSA) is 50.4 Å². The molecule has 0 spiro atoms. The third kappa shape index (κ3) is 6.58. The van der Waals surface area contributed by atoms with Crippen LogP contribution in [0.5, 0.6) is 0 Å². The minimum Gasteiger partial charge on any atom is -0.383 e. The van der Waals surface area contributed by atoms with Crippen LogP contribution in [0.15, 0.2) is 24.3 Å². The van der Waals surface area contributed by atoms with Crippen molar-refractivity contribution in [1.82, 2.24) is 10.6 Å². The van der Waals surface area contributed by atoms with Crippen molar-refractivity contribution in [2.24, 2.45) is 5.92 Å². The van der Waals surface area contributed by atoms with Crippen molar-refractivity contribution in [3.63, 3.8) is 0 Å². The predicted molar refractivity (Wildman–Crippen MR) is 81.9 cm³/mol. The standard InChI is InChI=1S/C16H23F3N2O2/c1-11(2)15(21-14(22)10-20-7-8-23-3)12-5-4-6-13(9-12)16(17,18)19/h4-6,9,11,15,20H,7-8,10H2,1-3H3,(H,21,22). The van der Waals surface area contributed by atoms with Crippen LogP contribution >= 0.6 is 0 Å². The summed E-state index contributed by atoms with van der Waals surface area (Å²) in [5.41, 5.74) is -0.270. The molecule has 0 saturated heterocycles. The van der Waals surface area contributed by atoms with E-state index in [1.807, 2.05) is 13.8 Å². The fraction of sp³-hybridized carbons (Fsp3) is 0.562. The molecule has 7 heteroatoms. The highest BCUT2D eigenvalue weighted by Gasteiger charge is 2.31. The van der Waals surface area contributed by atoms with Gasteiger partial charge >= 0.3 is 6.18 Å². The van der Waals surface area contributed by atoms with Crippen LogP contribution in [0.1, 0.15) is 31.0 Å². The second-order valence-corrected chi connectivity index (χ2v) is 5.58. The van der Waals surface area contributed by atoms with Crippen molar-refractivity contribution in [1.29, 1.82) is 0 Å². The van der Waals surface area contributed by atoms with Crippen LogP contribution < -0.4 is 10.6 Å². The summed E-state index contributed by atoms with van der Waals surface area (Å²) in [4.78, 5) is 11.9. The molecule has 0 fully saturated rings. The molecule has 0 aliphatic carbocycles. The van der Waals surface area contributed by atoms with E-state index in [-0.39, 0.29) is 18.4 Å². The molecule has 4 nitrogen and oxygen atoms in total. The Morgan fingerprint density at radius 2 is 2.00 bits per heavy atom. The number of alkyl halides is 3. The Balaban J connectivity index is 2.77. The Hall–Kier alpha value is -1.60. The van der Waals surface area contributed by atoms with Gasteiger partial charge in [0.05, 0.1) is 24.8 Å². The molecule has 1 atom stereocenters. The lowest BCUT2D eigenvalue weighted by atomic mass is 9.94. The Labute approximate surface area is 134 Å². The second-order valence-electron chi connectivity index (χ2n) is 5.58. The first-order valence-corrected chi connectivity index (χ1v) is 7.42. The zero-order valence-corrected chi connectivity index (χ0v) is 13.5. The molecule has 2 N–H and O–H groups in total. The lowest BCUT2D eigenvalue weighted by Gasteiger charge is -2.24. The summed E-state index contributed by atoms with van der Waals surface area (Å²) in [6.45, 7) is 4.80. The van der Waals surface area contributed by atoms with E-state index in [9.17, 15) is 18.0 Å². The fourth-order valence-electron chi connectivity index (χ4n) is 2.14. The largest absolute Gasteiger partial charge is 0.416 e. The van der Waals surface area contributed by atoms with Gasteiger partial charge in [0, 0.05) is 13.7 Å². The molecule has 0 heterocycles. The van der Waals surface area contributed by atoms with Gasteiger partial charge in [-0.1, -0.05) is 26.0 Å². The minimum absolute atomic E-state index is 0.0404. The van der Waals surface area contributed by atoms with Gasteiger partial charge in [0.15, 0.2) is 0 Å². The maximum Gasteiger partial charge on any atom is 0.416 e. The minimum atomic E-state index is -4.40. The number of hydrogen-bond donors (Lipinski definition) is 2. The van der Waals surface area contributed by atoms with Gasteiger partial charge in [-0.05, 0) is 23.6 Å². The van der Waals surface area contributed by atoms with Crippen molar-refractivity contribution >= 4 is 5.91 Å². The zero-order chi connectivity index (χ0) is 17.5. The molecule has 1 amide bonds. The summed E-state index contributed by atoms with van der Waals surface area (Å²) in [5, 5.41) is 5.68. The molecule has 1 unspecified atom stereocenters. The van der Waals surface area contributed by atoms with E-state index in [4.69, 9.17) is 4.74 Å². The smallest absolute Gasteiger partial charge is 0.383 e. The summed E-state index contributed by atoms with van der Waals surface area (Å²) in [6.07, 6.45) is -4.40. The van der Waals surface area contributed by atoms with E-state index in [0.717, 1.165) is 12.1 Å². The first kappa shape index (κ1) is 19.4. The van der Waals surface area contributed by atoms with Crippen LogP contribution in [0, 0.1) is 5.92 Å². The highest BCUT2D eigenvalue weighted by molar-refractivity contribution is 5.78. The Morgan fingerprint density at radius 1 is 1.30 bits per heavy atom. The normalized spacial score (nSPS) is 13.2. The van der Waals surface area contributed by atoms with Crippen LogP contribution in [0.3, 0.4) is 0 Å². The molecule has 1 aromatic carbocycles.